The maximum absolute atomic E-state index is 14.7. The van der Waals surface area contributed by atoms with Gasteiger partial charge in [0, 0.05) is 22.8 Å². The van der Waals surface area contributed by atoms with Gasteiger partial charge in [0.2, 0.25) is 0 Å². The lowest BCUT2D eigenvalue weighted by molar-refractivity contribution is -0.144. The number of nitrogens with zero attached hydrogens (tertiary/aromatic N) is 2. The topological polar surface area (TPSA) is 44.0 Å². The minimum atomic E-state index is -4.91. The zero-order chi connectivity index (χ0) is 23.0. The van der Waals surface area contributed by atoms with Crippen LogP contribution in [0.1, 0.15) is 38.4 Å². The van der Waals surface area contributed by atoms with E-state index in [9.17, 15) is 27.2 Å². The van der Waals surface area contributed by atoms with Crippen molar-refractivity contribution in [1.29, 1.82) is 0 Å². The zero-order valence-corrected chi connectivity index (χ0v) is 18.4. The molecule has 1 unspecified atom stereocenters. The van der Waals surface area contributed by atoms with Gasteiger partial charge in [-0.15, -0.1) is 11.8 Å². The fourth-order valence-corrected chi connectivity index (χ4v) is 4.44. The van der Waals surface area contributed by atoms with Gasteiger partial charge in [-0.25, -0.2) is 13.8 Å². The van der Waals surface area contributed by atoms with Crippen molar-refractivity contribution in [2.24, 2.45) is 7.05 Å². The summed E-state index contributed by atoms with van der Waals surface area (Å²) in [6, 6.07) is 2.16. The molecule has 0 aliphatic heterocycles. The second-order valence-electron chi connectivity index (χ2n) is 6.76. The molecule has 0 N–H and O–H groups in total. The van der Waals surface area contributed by atoms with Crippen molar-refractivity contribution >= 4 is 23.4 Å². The summed E-state index contributed by atoms with van der Waals surface area (Å²) in [5, 5.41) is 0.00706. The second-order valence-corrected chi connectivity index (χ2v) is 8.41. The highest BCUT2D eigenvalue weighted by Crippen LogP contribution is 2.36. The molecule has 0 aliphatic carbocycles. The highest BCUT2D eigenvalue weighted by atomic mass is 35.5. The molecule has 2 rings (SSSR count). The lowest BCUT2D eigenvalue weighted by atomic mass is 10.1. The summed E-state index contributed by atoms with van der Waals surface area (Å²) in [4.78, 5) is 25.9. The minimum absolute atomic E-state index is 0.0563. The number of benzene rings is 1. The zero-order valence-electron chi connectivity index (χ0n) is 16.9. The van der Waals surface area contributed by atoms with Gasteiger partial charge in [-0.1, -0.05) is 37.6 Å². The van der Waals surface area contributed by atoms with E-state index in [4.69, 9.17) is 11.6 Å². The molecule has 4 nitrogen and oxygen atoms in total. The highest BCUT2D eigenvalue weighted by molar-refractivity contribution is 8.00. The van der Waals surface area contributed by atoms with Gasteiger partial charge in [0.1, 0.15) is 11.5 Å². The molecule has 10 heteroatoms. The highest BCUT2D eigenvalue weighted by Gasteiger charge is 2.38. The first-order valence-electron chi connectivity index (χ1n) is 9.08. The molecule has 0 fully saturated rings. The van der Waals surface area contributed by atoms with Crippen molar-refractivity contribution in [1.82, 2.24) is 9.13 Å². The Morgan fingerprint density at radius 1 is 1.27 bits per heavy atom. The van der Waals surface area contributed by atoms with Gasteiger partial charge in [-0.05, 0) is 31.9 Å². The molecule has 1 atom stereocenters. The lowest BCUT2D eigenvalue weighted by Crippen LogP contribution is -2.44. The Kier molecular flexibility index (Phi) is 7.29. The molecule has 0 saturated carbocycles. The van der Waals surface area contributed by atoms with Crippen LogP contribution in [0.25, 0.3) is 5.69 Å². The molecule has 0 radical (unpaired) electrons. The average molecular weight is 465 g/mol. The van der Waals surface area contributed by atoms with E-state index >= 15 is 0 Å². The number of hydrogen-bond donors (Lipinski definition) is 0. The fourth-order valence-electron chi connectivity index (χ4n) is 3.13. The molecule has 1 heterocycles. The van der Waals surface area contributed by atoms with Crippen molar-refractivity contribution in [3.8, 4) is 5.69 Å². The van der Waals surface area contributed by atoms with E-state index in [1.165, 1.54) is 24.8 Å². The summed E-state index contributed by atoms with van der Waals surface area (Å²) in [6.07, 6.45) is -4.50. The maximum atomic E-state index is 14.7. The van der Waals surface area contributed by atoms with Gasteiger partial charge in [-0.3, -0.25) is 9.36 Å². The molecule has 0 amide bonds. The van der Waals surface area contributed by atoms with Crippen LogP contribution in [0.15, 0.2) is 38.8 Å². The predicted molar refractivity (Wildman–Crippen MR) is 111 cm³/mol. The van der Waals surface area contributed by atoms with E-state index in [0.717, 1.165) is 18.7 Å². The van der Waals surface area contributed by atoms with E-state index < -0.39 is 40.2 Å². The summed E-state index contributed by atoms with van der Waals surface area (Å²) in [6.45, 7) is 9.00. The fraction of sp³-hybridized carbons (Fsp3) is 0.400. The van der Waals surface area contributed by atoms with E-state index in [1.807, 2.05) is 13.8 Å². The van der Waals surface area contributed by atoms with E-state index in [0.29, 0.717) is 20.5 Å². The molecule has 0 saturated heterocycles. The number of halogens is 5. The van der Waals surface area contributed by atoms with Gasteiger partial charge in [0.15, 0.2) is 0 Å². The number of thioether (sulfide) groups is 1. The molecule has 30 heavy (non-hydrogen) atoms. The van der Waals surface area contributed by atoms with Crippen LogP contribution in [0, 0.1) is 5.82 Å². The molecule has 2 aromatic rings. The standard InChI is InChI=1S/C20H21ClF4N2O2S/c1-6-11-17(20(23,24)25)26(5)19(29)27(18(11)28)14-9-16(12(21)8-13(14)22)30-15(7-2)10(3)4/h8-9,15H,3,6-7H2,1-2,4-5H3. The molecular weight excluding hydrogens is 444 g/mol. The summed E-state index contributed by atoms with van der Waals surface area (Å²) in [5.74, 6) is -0.992. The number of aromatic nitrogens is 2. The van der Waals surface area contributed by atoms with E-state index in [-0.39, 0.29) is 16.7 Å². The first-order valence-corrected chi connectivity index (χ1v) is 10.3. The smallest absolute Gasteiger partial charge is 0.292 e. The predicted octanol–water partition coefficient (Wildman–Crippen LogP) is 5.36. The average Bonchev–Trinajstić information content (AvgIpc) is 2.63. The van der Waals surface area contributed by atoms with Crippen LogP contribution in [-0.2, 0) is 19.6 Å². The normalized spacial score (nSPS) is 12.8. The van der Waals surface area contributed by atoms with Crippen molar-refractivity contribution in [3.05, 3.63) is 67.2 Å². The molecule has 0 spiro atoms. The Labute approximate surface area is 180 Å². The van der Waals surface area contributed by atoms with Crippen LogP contribution >= 0.6 is 23.4 Å². The van der Waals surface area contributed by atoms with Crippen LogP contribution < -0.4 is 11.2 Å². The van der Waals surface area contributed by atoms with Crippen molar-refractivity contribution in [2.45, 2.75) is 49.9 Å². The van der Waals surface area contributed by atoms with Crippen molar-refractivity contribution in [2.75, 3.05) is 0 Å². The molecule has 1 aromatic heterocycles. The van der Waals surface area contributed by atoms with Crippen molar-refractivity contribution in [3.63, 3.8) is 0 Å². The minimum Gasteiger partial charge on any atom is -0.292 e. The Morgan fingerprint density at radius 2 is 1.87 bits per heavy atom. The molecule has 0 bridgehead atoms. The number of rotatable bonds is 6. The third kappa shape index (κ3) is 4.51. The Balaban J connectivity index is 2.84. The third-order valence-electron chi connectivity index (χ3n) is 4.61. The SMILES string of the molecule is C=C(C)C(CC)Sc1cc(-n2c(=O)c(CC)c(C(F)(F)F)n(C)c2=O)c(F)cc1Cl. The van der Waals surface area contributed by atoms with Gasteiger partial charge in [0.05, 0.1) is 10.7 Å². The lowest BCUT2D eigenvalue weighted by Gasteiger charge is -2.19. The second kappa shape index (κ2) is 9.01. The van der Waals surface area contributed by atoms with Crippen LogP contribution in [-0.4, -0.2) is 14.4 Å². The van der Waals surface area contributed by atoms with Crippen LogP contribution in [0.3, 0.4) is 0 Å². The number of alkyl halides is 3. The summed E-state index contributed by atoms with van der Waals surface area (Å²) in [7, 11) is 0.901. The summed E-state index contributed by atoms with van der Waals surface area (Å²) < 4.78 is 55.8. The molecule has 0 aliphatic rings. The van der Waals surface area contributed by atoms with Gasteiger partial charge in [0.25, 0.3) is 5.56 Å². The summed E-state index contributed by atoms with van der Waals surface area (Å²) >= 11 is 7.41. The first kappa shape index (κ1) is 24.3. The molecule has 164 valence electrons. The van der Waals surface area contributed by atoms with Crippen molar-refractivity contribution < 1.29 is 17.6 Å². The Morgan fingerprint density at radius 3 is 2.33 bits per heavy atom. The van der Waals surface area contributed by atoms with Gasteiger partial charge < -0.3 is 0 Å². The third-order valence-corrected chi connectivity index (χ3v) is 6.65. The van der Waals surface area contributed by atoms with Crippen LogP contribution in [0.5, 0.6) is 0 Å². The Hall–Kier alpha value is -2.00. The first-order chi connectivity index (χ1) is 13.8. The largest absolute Gasteiger partial charge is 0.432 e. The number of hydrogen-bond acceptors (Lipinski definition) is 3. The summed E-state index contributed by atoms with van der Waals surface area (Å²) in [5.41, 5.74) is -4.08. The van der Waals surface area contributed by atoms with Gasteiger partial charge in [-0.2, -0.15) is 13.2 Å². The quantitative estimate of drug-likeness (QED) is 0.328. The maximum Gasteiger partial charge on any atom is 0.432 e. The van der Waals surface area contributed by atoms with Crippen LogP contribution in [0.4, 0.5) is 17.6 Å². The molecular formula is C20H21ClF4N2O2S. The van der Waals surface area contributed by atoms with Crippen LogP contribution in [0.2, 0.25) is 5.02 Å². The van der Waals surface area contributed by atoms with E-state index in [1.54, 1.807) is 0 Å². The Bertz CT molecular complexity index is 1110. The monoisotopic (exact) mass is 464 g/mol. The van der Waals surface area contributed by atoms with E-state index in [2.05, 4.69) is 6.58 Å². The molecule has 1 aromatic carbocycles. The van der Waals surface area contributed by atoms with Gasteiger partial charge >= 0.3 is 11.9 Å².